The predicted molar refractivity (Wildman–Crippen MR) is 32.4 cm³/mol. The Hall–Kier alpha value is 0.240. The number of halogens is 2. The fourth-order valence-electron chi connectivity index (χ4n) is 0.0919. The zero-order valence-electron chi connectivity index (χ0n) is 3.63. The normalized spacial score (nSPS) is 8.86. The van der Waals surface area contributed by atoms with Gasteiger partial charge < -0.3 is 4.84 Å². The van der Waals surface area contributed by atoms with Crippen LogP contribution in [0.25, 0.3) is 0 Å². The molecule has 0 radical (unpaired) electrons. The summed E-state index contributed by atoms with van der Waals surface area (Å²) in [6, 6.07) is 0. The van der Waals surface area contributed by atoms with Crippen molar-refractivity contribution in [1.29, 1.82) is 0 Å². The first kappa shape index (κ1) is 10.3. The van der Waals surface area contributed by atoms with E-state index in [-0.39, 0.29) is 12.4 Å². The van der Waals surface area contributed by atoms with Crippen LogP contribution in [0.5, 0.6) is 0 Å². The van der Waals surface area contributed by atoms with Crippen LogP contribution in [0.4, 0.5) is 0 Å². The maximum absolute atomic E-state index is 5.06. The first-order valence-electron chi connectivity index (χ1n) is 1.48. The van der Waals surface area contributed by atoms with Crippen molar-refractivity contribution in [3.8, 4) is 0 Å². The molecule has 0 heterocycles. The van der Waals surface area contributed by atoms with Crippen molar-refractivity contribution in [2.45, 2.75) is 0 Å². The maximum atomic E-state index is 5.06. The van der Waals surface area contributed by atoms with E-state index in [1.54, 1.807) is 6.08 Å². The van der Waals surface area contributed by atoms with Crippen LogP contribution in [-0.4, -0.2) is 6.61 Å². The van der Waals surface area contributed by atoms with E-state index >= 15 is 0 Å². The van der Waals surface area contributed by atoms with Gasteiger partial charge in [-0.15, -0.1) is 12.4 Å². The zero-order valence-corrected chi connectivity index (χ0v) is 5.21. The monoisotopic (exact) mass is 143 g/mol. The molecule has 0 aliphatic rings. The highest BCUT2D eigenvalue weighted by Gasteiger charge is 1.64. The molecule has 0 aliphatic carbocycles. The summed E-state index contributed by atoms with van der Waals surface area (Å²) in [6.07, 6.45) is 1.60. The quantitative estimate of drug-likeness (QED) is 0.588. The van der Waals surface area contributed by atoms with Gasteiger partial charge in [-0.05, 0) is 6.08 Å². The summed E-state index contributed by atoms with van der Waals surface area (Å²) >= 11 is 5.06. The molecule has 0 unspecified atom stereocenters. The molecule has 0 fully saturated rings. The average Bonchev–Trinajstić information content (AvgIpc) is 1.61. The lowest BCUT2D eigenvalue weighted by Gasteiger charge is -1.80. The van der Waals surface area contributed by atoms with Crippen molar-refractivity contribution in [2.24, 2.45) is 5.90 Å². The van der Waals surface area contributed by atoms with Crippen molar-refractivity contribution < 1.29 is 4.84 Å². The lowest BCUT2D eigenvalue weighted by Crippen LogP contribution is -1.96. The standard InChI is InChI=1S/C3H6ClNO.ClH/c4-2-1-3-6-5;/h1-2H,3,5H2;1H/b2-1-;. The molecule has 0 bridgehead atoms. The number of hydrogen-bond acceptors (Lipinski definition) is 2. The third-order valence-corrected chi connectivity index (χ3v) is 0.460. The van der Waals surface area contributed by atoms with E-state index in [0.29, 0.717) is 6.61 Å². The molecule has 44 valence electrons. The second-order valence-electron chi connectivity index (χ2n) is 0.695. The van der Waals surface area contributed by atoms with E-state index in [1.807, 2.05) is 0 Å². The molecule has 0 aromatic rings. The molecular formula is C3H7Cl2NO. The second-order valence-corrected chi connectivity index (χ2v) is 0.947. The van der Waals surface area contributed by atoms with Gasteiger partial charge in [0.1, 0.15) is 0 Å². The van der Waals surface area contributed by atoms with Crippen molar-refractivity contribution >= 4 is 24.0 Å². The molecule has 7 heavy (non-hydrogen) atoms. The van der Waals surface area contributed by atoms with Crippen molar-refractivity contribution in [3.05, 3.63) is 11.6 Å². The van der Waals surface area contributed by atoms with Gasteiger partial charge in [-0.25, -0.2) is 5.90 Å². The molecule has 0 saturated heterocycles. The Labute approximate surface area is 53.6 Å². The van der Waals surface area contributed by atoms with E-state index in [2.05, 4.69) is 10.7 Å². The highest BCUT2D eigenvalue weighted by Crippen LogP contribution is 1.74. The third-order valence-electron chi connectivity index (χ3n) is 0.282. The SMILES string of the molecule is Cl.NOC/C=C\Cl. The molecule has 0 aromatic heterocycles. The summed E-state index contributed by atoms with van der Waals surface area (Å²) in [5.41, 5.74) is 1.35. The van der Waals surface area contributed by atoms with Crippen molar-refractivity contribution in [3.63, 3.8) is 0 Å². The minimum Gasteiger partial charge on any atom is -0.300 e. The smallest absolute Gasteiger partial charge is 0.0872 e. The summed E-state index contributed by atoms with van der Waals surface area (Å²) in [5.74, 6) is 4.60. The summed E-state index contributed by atoms with van der Waals surface area (Å²) < 4.78 is 0. The van der Waals surface area contributed by atoms with Gasteiger partial charge in [-0.2, -0.15) is 0 Å². The fraction of sp³-hybridized carbons (Fsp3) is 0.333. The van der Waals surface area contributed by atoms with Crippen LogP contribution in [-0.2, 0) is 4.84 Å². The Bertz CT molecular complexity index is 48.2. The third kappa shape index (κ3) is 10.7. The Morgan fingerprint density at radius 3 is 2.43 bits per heavy atom. The summed E-state index contributed by atoms with van der Waals surface area (Å²) in [6.45, 7) is 0.378. The van der Waals surface area contributed by atoms with Crippen LogP contribution in [0.3, 0.4) is 0 Å². The molecule has 4 heteroatoms. The van der Waals surface area contributed by atoms with Crippen LogP contribution in [0, 0.1) is 0 Å². The first-order chi connectivity index (χ1) is 2.91. The molecule has 0 spiro atoms. The lowest BCUT2D eigenvalue weighted by atomic mass is 10.7. The largest absolute Gasteiger partial charge is 0.300 e. The van der Waals surface area contributed by atoms with Gasteiger partial charge in [-0.3, -0.25) is 0 Å². The van der Waals surface area contributed by atoms with Gasteiger partial charge in [-0.1, -0.05) is 11.6 Å². The highest BCUT2D eigenvalue weighted by atomic mass is 35.5. The van der Waals surface area contributed by atoms with Gasteiger partial charge in [0, 0.05) is 5.54 Å². The van der Waals surface area contributed by atoms with Crippen molar-refractivity contribution in [2.75, 3.05) is 6.61 Å². The summed E-state index contributed by atoms with van der Waals surface area (Å²) in [5, 5.41) is 0. The molecule has 0 aromatic carbocycles. The Kier molecular flexibility index (Phi) is 14.0. The molecule has 0 saturated carbocycles. The topological polar surface area (TPSA) is 35.2 Å². The van der Waals surface area contributed by atoms with Crippen molar-refractivity contribution in [1.82, 2.24) is 0 Å². The highest BCUT2D eigenvalue weighted by molar-refractivity contribution is 6.25. The lowest BCUT2D eigenvalue weighted by molar-refractivity contribution is 0.168. The number of hydrogen-bond donors (Lipinski definition) is 1. The molecule has 2 N–H and O–H groups in total. The van der Waals surface area contributed by atoms with Gasteiger partial charge in [0.15, 0.2) is 0 Å². The second kappa shape index (κ2) is 9.53. The van der Waals surface area contributed by atoms with E-state index < -0.39 is 0 Å². The van der Waals surface area contributed by atoms with Crippen LogP contribution >= 0.6 is 24.0 Å². The summed E-state index contributed by atoms with van der Waals surface area (Å²) in [7, 11) is 0. The van der Waals surface area contributed by atoms with E-state index in [1.165, 1.54) is 5.54 Å². The minimum absolute atomic E-state index is 0. The maximum Gasteiger partial charge on any atom is 0.0872 e. The van der Waals surface area contributed by atoms with Gasteiger partial charge in [0.25, 0.3) is 0 Å². The van der Waals surface area contributed by atoms with Crippen LogP contribution in [0.1, 0.15) is 0 Å². The van der Waals surface area contributed by atoms with Crippen LogP contribution in [0.15, 0.2) is 11.6 Å². The van der Waals surface area contributed by atoms with Gasteiger partial charge >= 0.3 is 0 Å². The molecule has 0 rings (SSSR count). The Morgan fingerprint density at radius 1 is 1.71 bits per heavy atom. The van der Waals surface area contributed by atoms with E-state index in [4.69, 9.17) is 11.6 Å². The van der Waals surface area contributed by atoms with Crippen LogP contribution in [0.2, 0.25) is 0 Å². The predicted octanol–water partition coefficient (Wildman–Crippen LogP) is 1.05. The minimum atomic E-state index is 0. The molecule has 0 amide bonds. The number of nitrogens with two attached hydrogens (primary N) is 1. The average molecular weight is 144 g/mol. The summed E-state index contributed by atoms with van der Waals surface area (Å²) in [4.78, 5) is 4.11. The molecular weight excluding hydrogens is 137 g/mol. The molecule has 2 nitrogen and oxygen atoms in total. The Balaban J connectivity index is 0. The zero-order chi connectivity index (χ0) is 4.83. The number of rotatable bonds is 2. The Morgan fingerprint density at radius 2 is 2.29 bits per heavy atom. The first-order valence-corrected chi connectivity index (χ1v) is 1.92. The molecule has 0 atom stereocenters. The van der Waals surface area contributed by atoms with Gasteiger partial charge in [0.2, 0.25) is 0 Å². The van der Waals surface area contributed by atoms with Gasteiger partial charge in [0.05, 0.1) is 6.61 Å². The fourth-order valence-corrected chi connectivity index (χ4v) is 0.165. The van der Waals surface area contributed by atoms with E-state index in [0.717, 1.165) is 0 Å². The van der Waals surface area contributed by atoms with Crippen LogP contribution < -0.4 is 5.90 Å². The van der Waals surface area contributed by atoms with E-state index in [9.17, 15) is 0 Å². The molecule has 0 aliphatic heterocycles.